The Morgan fingerprint density at radius 3 is 2.27 bits per heavy atom. The maximum absolute atomic E-state index is 13.7. The molecule has 41 heavy (non-hydrogen) atoms. The molecule has 0 radical (unpaired) electrons. The molecule has 224 valence electrons. The van der Waals surface area contributed by atoms with Gasteiger partial charge < -0.3 is 26.9 Å². The van der Waals surface area contributed by atoms with E-state index in [0.717, 1.165) is 34.3 Å². The van der Waals surface area contributed by atoms with Gasteiger partial charge in [0.25, 0.3) is 5.91 Å². The standard InChI is InChI=1S/C28H37N5O5S2.ClH/c1-6-38-28(35)31-16-18-32(19-17-31)40(36,37)23-11-9-22(10-12-23)26(34)33(15-7-14-30(4)5)27-29-25-21(3)20(2)8-13-24(25)39-27;/h8-13H,6-7,14-19H2,1-5H3;1H/p-1. The number of sulfonamides is 1. The molecule has 0 aliphatic carbocycles. The minimum absolute atomic E-state index is 0. The number of amides is 2. The predicted molar refractivity (Wildman–Crippen MR) is 158 cm³/mol. The van der Waals surface area contributed by atoms with Crippen molar-refractivity contribution in [3.63, 3.8) is 0 Å². The van der Waals surface area contributed by atoms with E-state index in [2.05, 4.69) is 11.0 Å². The van der Waals surface area contributed by atoms with Crippen LogP contribution in [0.5, 0.6) is 0 Å². The van der Waals surface area contributed by atoms with E-state index in [-0.39, 0.29) is 56.0 Å². The third-order valence-electron chi connectivity index (χ3n) is 7.04. The second-order valence-electron chi connectivity index (χ2n) is 10.1. The number of aryl methyl sites for hydroxylation is 2. The number of anilines is 1. The first kappa shape index (κ1) is 32.7. The van der Waals surface area contributed by atoms with Crippen molar-refractivity contribution in [3.8, 4) is 0 Å². The average Bonchev–Trinajstić information content (AvgIpc) is 3.38. The van der Waals surface area contributed by atoms with Crippen LogP contribution in [0.4, 0.5) is 9.93 Å². The highest BCUT2D eigenvalue weighted by Crippen LogP contribution is 2.33. The molecule has 1 saturated heterocycles. The SMILES string of the molecule is CCOC(=O)N1CCN(S(=O)(=O)c2ccc(C(=O)N(CCCN(C)C)c3nc4c(C)c(C)ccc4s3)cc2)CC1.[Cl-]. The molecule has 1 aliphatic rings. The van der Waals surface area contributed by atoms with Gasteiger partial charge in [-0.3, -0.25) is 9.69 Å². The van der Waals surface area contributed by atoms with Gasteiger partial charge in [0.15, 0.2) is 5.13 Å². The van der Waals surface area contributed by atoms with Crippen LogP contribution in [0.3, 0.4) is 0 Å². The zero-order valence-electron chi connectivity index (χ0n) is 24.1. The summed E-state index contributed by atoms with van der Waals surface area (Å²) >= 11 is 1.48. The molecule has 4 rings (SSSR count). The number of rotatable bonds is 9. The zero-order chi connectivity index (χ0) is 29.0. The molecule has 13 heteroatoms. The van der Waals surface area contributed by atoms with Crippen LogP contribution in [0.25, 0.3) is 10.2 Å². The molecular weight excluding hydrogens is 586 g/mol. The Morgan fingerprint density at radius 1 is 1.00 bits per heavy atom. The maximum Gasteiger partial charge on any atom is 0.409 e. The number of piperazine rings is 1. The lowest BCUT2D eigenvalue weighted by molar-refractivity contribution is -0.0000254. The van der Waals surface area contributed by atoms with E-state index in [1.807, 2.05) is 34.0 Å². The molecule has 1 aromatic heterocycles. The number of hydrogen-bond donors (Lipinski definition) is 0. The highest BCUT2D eigenvalue weighted by molar-refractivity contribution is 7.89. The van der Waals surface area contributed by atoms with Crippen molar-refractivity contribution in [2.75, 3.05) is 64.9 Å². The van der Waals surface area contributed by atoms with Crippen LogP contribution >= 0.6 is 11.3 Å². The van der Waals surface area contributed by atoms with Gasteiger partial charge in [0.05, 0.1) is 21.7 Å². The molecule has 0 saturated carbocycles. The number of nitrogens with zero attached hydrogens (tertiary/aromatic N) is 5. The average molecular weight is 623 g/mol. The number of aromatic nitrogens is 1. The van der Waals surface area contributed by atoms with Crippen molar-refractivity contribution in [1.82, 2.24) is 19.1 Å². The van der Waals surface area contributed by atoms with Gasteiger partial charge in [-0.2, -0.15) is 4.31 Å². The molecule has 0 bridgehead atoms. The second-order valence-corrected chi connectivity index (χ2v) is 13.0. The topological polar surface area (TPSA) is 103 Å². The molecule has 2 amide bonds. The number of ether oxygens (including phenoxy) is 1. The van der Waals surface area contributed by atoms with E-state index in [1.54, 1.807) is 24.0 Å². The normalized spacial score (nSPS) is 14.2. The Balaban J connectivity index is 0.00000462. The fourth-order valence-electron chi connectivity index (χ4n) is 4.56. The summed E-state index contributed by atoms with van der Waals surface area (Å²) in [6.45, 7) is 8.27. The number of thiazole rings is 1. The molecule has 10 nitrogen and oxygen atoms in total. The lowest BCUT2D eigenvalue weighted by atomic mass is 10.1. The van der Waals surface area contributed by atoms with E-state index in [4.69, 9.17) is 9.72 Å². The van der Waals surface area contributed by atoms with E-state index in [0.29, 0.717) is 17.2 Å². The van der Waals surface area contributed by atoms with Gasteiger partial charge in [-0.1, -0.05) is 17.4 Å². The first-order valence-corrected chi connectivity index (χ1v) is 15.6. The third-order valence-corrected chi connectivity index (χ3v) is 10.00. The fraction of sp³-hybridized carbons (Fsp3) is 0.464. The molecular formula is C28H37ClN5O5S2-. The van der Waals surface area contributed by atoms with E-state index in [9.17, 15) is 18.0 Å². The lowest BCUT2D eigenvalue weighted by Crippen LogP contribution is -3.00. The minimum Gasteiger partial charge on any atom is -1.00 e. The molecule has 3 aromatic rings. The molecule has 2 heterocycles. The molecule has 2 aromatic carbocycles. The fourth-order valence-corrected chi connectivity index (χ4v) is 7.03. The second kappa shape index (κ2) is 13.9. The Kier molecular flexibility index (Phi) is 11.1. The van der Waals surface area contributed by atoms with Gasteiger partial charge in [-0.25, -0.2) is 18.2 Å². The third kappa shape index (κ3) is 7.36. The molecule has 0 atom stereocenters. The monoisotopic (exact) mass is 622 g/mol. The Bertz CT molecular complexity index is 1470. The van der Waals surface area contributed by atoms with Gasteiger partial charge in [0.1, 0.15) is 0 Å². The number of benzene rings is 2. The van der Waals surface area contributed by atoms with E-state index in [1.165, 1.54) is 32.7 Å². The molecule has 0 spiro atoms. The summed E-state index contributed by atoms with van der Waals surface area (Å²) in [6, 6.07) is 10.2. The van der Waals surface area contributed by atoms with Crippen molar-refractivity contribution in [1.29, 1.82) is 0 Å². The summed E-state index contributed by atoms with van der Waals surface area (Å²) in [7, 11) is 0.209. The van der Waals surface area contributed by atoms with Gasteiger partial charge in [-0.15, -0.1) is 0 Å². The van der Waals surface area contributed by atoms with Crippen molar-refractivity contribution in [2.24, 2.45) is 0 Å². The largest absolute Gasteiger partial charge is 1.00 e. The highest BCUT2D eigenvalue weighted by atomic mass is 35.5. The van der Waals surface area contributed by atoms with Crippen LogP contribution in [0.15, 0.2) is 41.3 Å². The Hall–Kier alpha value is -2.77. The highest BCUT2D eigenvalue weighted by Gasteiger charge is 2.31. The zero-order valence-corrected chi connectivity index (χ0v) is 26.5. The van der Waals surface area contributed by atoms with Gasteiger partial charge in [-0.05, 0) is 89.3 Å². The van der Waals surface area contributed by atoms with E-state index < -0.39 is 16.1 Å². The van der Waals surface area contributed by atoms with Gasteiger partial charge >= 0.3 is 6.09 Å². The summed E-state index contributed by atoms with van der Waals surface area (Å²) in [5, 5.41) is 0.628. The van der Waals surface area contributed by atoms with Crippen molar-refractivity contribution in [3.05, 3.63) is 53.1 Å². The Morgan fingerprint density at radius 2 is 1.66 bits per heavy atom. The number of fused-ring (bicyclic) bond motifs is 1. The van der Waals surface area contributed by atoms with Gasteiger partial charge in [0.2, 0.25) is 10.0 Å². The van der Waals surface area contributed by atoms with Crippen LogP contribution in [-0.2, 0) is 14.8 Å². The summed E-state index contributed by atoms with van der Waals surface area (Å²) < 4.78 is 33.9. The first-order chi connectivity index (χ1) is 19.0. The first-order valence-electron chi connectivity index (χ1n) is 13.4. The van der Waals surface area contributed by atoms with Crippen LogP contribution < -0.4 is 17.3 Å². The molecule has 1 aliphatic heterocycles. The van der Waals surface area contributed by atoms with Crippen LogP contribution in [0.2, 0.25) is 0 Å². The van der Waals surface area contributed by atoms with Crippen LogP contribution in [0, 0.1) is 13.8 Å². The molecule has 0 unspecified atom stereocenters. The quantitative estimate of drug-likeness (QED) is 0.351. The lowest BCUT2D eigenvalue weighted by Gasteiger charge is -2.33. The summed E-state index contributed by atoms with van der Waals surface area (Å²) in [5.41, 5.74) is 3.53. The maximum atomic E-state index is 13.7. The molecule has 1 fully saturated rings. The molecule has 0 N–H and O–H groups in total. The summed E-state index contributed by atoms with van der Waals surface area (Å²) in [4.78, 5) is 35.9. The van der Waals surface area contributed by atoms with Crippen molar-refractivity contribution >= 4 is 48.7 Å². The van der Waals surface area contributed by atoms with Crippen LogP contribution in [-0.4, -0.2) is 99.5 Å². The minimum atomic E-state index is -3.77. The smallest absolute Gasteiger partial charge is 0.409 e. The van der Waals surface area contributed by atoms with Crippen molar-refractivity contribution < 1.29 is 35.2 Å². The number of halogens is 1. The summed E-state index contributed by atoms with van der Waals surface area (Å²) in [5.74, 6) is -0.223. The number of hydrogen-bond acceptors (Lipinski definition) is 8. The number of carbonyl (C=O) groups is 2. The van der Waals surface area contributed by atoms with Crippen molar-refractivity contribution in [2.45, 2.75) is 32.1 Å². The van der Waals surface area contributed by atoms with Crippen LogP contribution in [0.1, 0.15) is 34.8 Å². The van der Waals surface area contributed by atoms with E-state index >= 15 is 0 Å². The predicted octanol–water partition coefficient (Wildman–Crippen LogP) is 0.978. The number of carbonyl (C=O) groups excluding carboxylic acids is 2. The van der Waals surface area contributed by atoms with Gasteiger partial charge in [0, 0.05) is 38.3 Å². The summed E-state index contributed by atoms with van der Waals surface area (Å²) in [6.07, 6.45) is 0.327. The Labute approximate surface area is 252 Å².